The average molecular weight is 547 g/mol. The van der Waals surface area contributed by atoms with E-state index in [0.717, 1.165) is 31.6 Å². The highest BCUT2D eigenvalue weighted by Crippen LogP contribution is 2.23. The van der Waals surface area contributed by atoms with Crippen LogP contribution in [-0.2, 0) is 28.4 Å². The molecule has 0 heterocycles. The largest absolute Gasteiger partial charge is 0.331 e. The van der Waals surface area contributed by atoms with Gasteiger partial charge in [-0.2, -0.15) is 0 Å². The second-order valence-corrected chi connectivity index (χ2v) is 11.1. The number of hydrogen-bond donors (Lipinski definition) is 0. The maximum atomic E-state index is 5.36. The number of methoxy groups -OCH3 is 6. The Labute approximate surface area is 237 Å². The molecular formula is C32H66O6. The Morgan fingerprint density at radius 3 is 0.789 bits per heavy atom. The zero-order valence-electron chi connectivity index (χ0n) is 26.6. The maximum Gasteiger partial charge on any atom is 0.282 e. The second-order valence-electron chi connectivity index (χ2n) is 11.1. The lowest BCUT2D eigenvalue weighted by atomic mass is 9.95. The third kappa shape index (κ3) is 18.9. The highest BCUT2D eigenvalue weighted by atomic mass is 16.9. The Balaban J connectivity index is 3.39. The summed E-state index contributed by atoms with van der Waals surface area (Å²) in [5.41, 5.74) is 0. The molecule has 6 heteroatoms. The monoisotopic (exact) mass is 546 g/mol. The summed E-state index contributed by atoms with van der Waals surface area (Å²) in [5, 5.41) is 0. The Bertz CT molecular complexity index is 462. The highest BCUT2D eigenvalue weighted by molar-refractivity contribution is 4.59. The van der Waals surface area contributed by atoms with Crippen LogP contribution in [0.1, 0.15) is 148 Å². The van der Waals surface area contributed by atoms with Gasteiger partial charge >= 0.3 is 0 Å². The van der Waals surface area contributed by atoms with E-state index in [4.69, 9.17) is 28.4 Å². The van der Waals surface area contributed by atoms with Crippen LogP contribution in [0.2, 0.25) is 0 Å². The van der Waals surface area contributed by atoms with E-state index < -0.39 is 11.9 Å². The molecule has 0 fully saturated rings. The number of hydrogen-bond acceptors (Lipinski definition) is 6. The summed E-state index contributed by atoms with van der Waals surface area (Å²) < 4.78 is 32.1. The lowest BCUT2D eigenvalue weighted by molar-refractivity contribution is -0.355. The van der Waals surface area contributed by atoms with Gasteiger partial charge in [0, 0.05) is 55.5 Å². The smallest absolute Gasteiger partial charge is 0.282 e. The molecule has 0 bridgehead atoms. The molecule has 0 N–H and O–H groups in total. The van der Waals surface area contributed by atoms with Crippen LogP contribution in [0, 0.1) is 5.92 Å². The molecular weight excluding hydrogens is 480 g/mol. The minimum atomic E-state index is -0.855. The van der Waals surface area contributed by atoms with E-state index >= 15 is 0 Å². The van der Waals surface area contributed by atoms with Gasteiger partial charge in [-0.15, -0.1) is 0 Å². The first-order valence-corrected chi connectivity index (χ1v) is 15.8. The average Bonchev–Trinajstić information content (AvgIpc) is 2.95. The van der Waals surface area contributed by atoms with Gasteiger partial charge in [-0.1, -0.05) is 122 Å². The molecule has 0 aliphatic heterocycles. The fourth-order valence-corrected chi connectivity index (χ4v) is 5.40. The summed E-state index contributed by atoms with van der Waals surface area (Å²) in [4.78, 5) is 0. The lowest BCUT2D eigenvalue weighted by Gasteiger charge is -2.28. The minimum absolute atomic E-state index is 0.788. The van der Waals surface area contributed by atoms with Gasteiger partial charge in [-0.25, -0.2) is 0 Å². The number of unbranched alkanes of at least 4 members (excludes halogenated alkanes) is 16. The summed E-state index contributed by atoms with van der Waals surface area (Å²) in [6.07, 6.45) is 28.2. The van der Waals surface area contributed by atoms with Crippen LogP contribution in [0.25, 0.3) is 0 Å². The highest BCUT2D eigenvalue weighted by Gasteiger charge is 2.29. The molecule has 6 nitrogen and oxygen atoms in total. The molecule has 0 aliphatic carbocycles. The predicted molar refractivity (Wildman–Crippen MR) is 158 cm³/mol. The van der Waals surface area contributed by atoms with Gasteiger partial charge in [-0.3, -0.25) is 0 Å². The zero-order chi connectivity index (χ0) is 28.4. The van der Waals surface area contributed by atoms with Crippen LogP contribution in [0.4, 0.5) is 0 Å². The van der Waals surface area contributed by atoms with Crippen molar-refractivity contribution >= 4 is 0 Å². The Kier molecular flexibility index (Phi) is 25.5. The van der Waals surface area contributed by atoms with Crippen LogP contribution in [0.15, 0.2) is 0 Å². The van der Waals surface area contributed by atoms with Crippen LogP contribution >= 0.6 is 0 Å². The predicted octanol–water partition coefficient (Wildman–Crippen LogP) is 9.39. The van der Waals surface area contributed by atoms with E-state index in [2.05, 4.69) is 6.92 Å². The molecule has 0 amide bonds. The van der Waals surface area contributed by atoms with Crippen LogP contribution < -0.4 is 0 Å². The number of ether oxygens (including phenoxy) is 6. The van der Waals surface area contributed by atoms with Crippen molar-refractivity contribution in [3.8, 4) is 0 Å². The third-order valence-electron chi connectivity index (χ3n) is 8.23. The SMILES string of the molecule is COC(CCCCCCCCCCCCCC(C)CCCCCCCCCC(OC)(OC)OC)(OC)OC. The van der Waals surface area contributed by atoms with Gasteiger partial charge in [0.05, 0.1) is 0 Å². The van der Waals surface area contributed by atoms with Crippen molar-refractivity contribution in [1.82, 2.24) is 0 Å². The Morgan fingerprint density at radius 1 is 0.342 bits per heavy atom. The Morgan fingerprint density at radius 2 is 0.553 bits per heavy atom. The molecule has 38 heavy (non-hydrogen) atoms. The van der Waals surface area contributed by atoms with Gasteiger partial charge < -0.3 is 28.4 Å². The van der Waals surface area contributed by atoms with Crippen molar-refractivity contribution in [2.45, 2.75) is 160 Å². The summed E-state index contributed by atoms with van der Waals surface area (Å²) >= 11 is 0. The van der Waals surface area contributed by atoms with Crippen molar-refractivity contribution in [3.63, 3.8) is 0 Å². The topological polar surface area (TPSA) is 55.4 Å². The molecule has 0 aromatic rings. The number of rotatable bonds is 30. The van der Waals surface area contributed by atoms with Crippen LogP contribution in [0.5, 0.6) is 0 Å². The molecule has 0 radical (unpaired) electrons. The fraction of sp³-hybridized carbons (Fsp3) is 1.00. The van der Waals surface area contributed by atoms with Gasteiger partial charge in [-0.05, 0) is 18.8 Å². The normalized spacial score (nSPS) is 13.3. The minimum Gasteiger partial charge on any atom is -0.331 e. The molecule has 0 aromatic heterocycles. The first kappa shape index (κ1) is 37.8. The summed E-state index contributed by atoms with van der Waals surface area (Å²) in [6.45, 7) is 2.45. The third-order valence-corrected chi connectivity index (χ3v) is 8.23. The lowest BCUT2D eigenvalue weighted by Crippen LogP contribution is -2.35. The maximum absolute atomic E-state index is 5.36. The molecule has 0 rings (SSSR count). The van der Waals surface area contributed by atoms with Gasteiger partial charge in [0.2, 0.25) is 0 Å². The fourth-order valence-electron chi connectivity index (χ4n) is 5.40. The van der Waals surface area contributed by atoms with E-state index in [0.29, 0.717) is 0 Å². The van der Waals surface area contributed by atoms with Crippen LogP contribution in [-0.4, -0.2) is 54.6 Å². The van der Waals surface area contributed by atoms with Gasteiger partial charge in [0.25, 0.3) is 11.9 Å². The molecule has 0 aliphatic rings. The Hall–Kier alpha value is -0.240. The molecule has 230 valence electrons. The van der Waals surface area contributed by atoms with Gasteiger partial charge in [0.15, 0.2) is 0 Å². The first-order valence-electron chi connectivity index (χ1n) is 15.8. The van der Waals surface area contributed by atoms with Crippen molar-refractivity contribution in [1.29, 1.82) is 0 Å². The van der Waals surface area contributed by atoms with Gasteiger partial charge in [0.1, 0.15) is 0 Å². The molecule has 0 aromatic carbocycles. The molecule has 1 unspecified atom stereocenters. The quantitative estimate of drug-likeness (QED) is 0.0660. The van der Waals surface area contributed by atoms with E-state index in [-0.39, 0.29) is 0 Å². The van der Waals surface area contributed by atoms with E-state index in [1.165, 1.54) is 116 Å². The molecule has 1 atom stereocenters. The zero-order valence-corrected chi connectivity index (χ0v) is 26.6. The molecule has 0 saturated heterocycles. The summed E-state index contributed by atoms with van der Waals surface area (Å²) in [7, 11) is 9.84. The van der Waals surface area contributed by atoms with E-state index in [1.54, 1.807) is 42.7 Å². The van der Waals surface area contributed by atoms with Crippen molar-refractivity contribution in [3.05, 3.63) is 0 Å². The van der Waals surface area contributed by atoms with E-state index in [9.17, 15) is 0 Å². The molecule has 0 saturated carbocycles. The van der Waals surface area contributed by atoms with Crippen molar-refractivity contribution in [2.75, 3.05) is 42.7 Å². The second kappa shape index (κ2) is 25.7. The summed E-state index contributed by atoms with van der Waals surface area (Å²) in [5.74, 6) is -0.818. The first-order chi connectivity index (χ1) is 18.5. The van der Waals surface area contributed by atoms with Crippen molar-refractivity contribution < 1.29 is 28.4 Å². The van der Waals surface area contributed by atoms with Crippen LogP contribution in [0.3, 0.4) is 0 Å². The standard InChI is InChI=1S/C32H66O6/c1-30(27-23-19-15-13-17-21-25-29-32(36-5,37-6)38-7)26-22-18-14-11-9-8-10-12-16-20-24-28-31(33-2,34-3)35-4/h30H,8-29H2,1-7H3. The van der Waals surface area contributed by atoms with Crippen molar-refractivity contribution in [2.24, 2.45) is 5.92 Å². The molecule has 0 spiro atoms. The van der Waals surface area contributed by atoms with E-state index in [1.807, 2.05) is 0 Å². The summed E-state index contributed by atoms with van der Waals surface area (Å²) in [6, 6.07) is 0.